The molecule has 0 aromatic heterocycles. The molecule has 0 saturated heterocycles. The summed E-state index contributed by atoms with van der Waals surface area (Å²) < 4.78 is 1.13. The van der Waals surface area contributed by atoms with E-state index >= 15 is 0 Å². The molecule has 0 aliphatic heterocycles. The second-order valence-corrected chi connectivity index (χ2v) is 5.72. The molecule has 0 saturated carbocycles. The number of rotatable bonds is 6. The Labute approximate surface area is 114 Å². The molecule has 1 aromatic carbocycles. The molecule has 1 aromatic rings. The lowest BCUT2D eigenvalue weighted by atomic mass is 10.1. The SMILES string of the molecule is CC(NCCN(C)C(C)C)c1ccc(Br)cc1. The van der Waals surface area contributed by atoms with E-state index in [4.69, 9.17) is 0 Å². The van der Waals surface area contributed by atoms with E-state index in [1.807, 2.05) is 0 Å². The minimum atomic E-state index is 0.406. The Morgan fingerprint density at radius 2 is 1.76 bits per heavy atom. The van der Waals surface area contributed by atoms with E-state index < -0.39 is 0 Å². The van der Waals surface area contributed by atoms with Crippen molar-refractivity contribution in [1.29, 1.82) is 0 Å². The molecule has 0 heterocycles. The van der Waals surface area contributed by atoms with Crippen molar-refractivity contribution in [2.75, 3.05) is 20.1 Å². The van der Waals surface area contributed by atoms with E-state index in [0.29, 0.717) is 12.1 Å². The zero-order valence-electron chi connectivity index (χ0n) is 11.2. The van der Waals surface area contributed by atoms with Crippen LogP contribution in [0, 0.1) is 0 Å². The van der Waals surface area contributed by atoms with Crippen LogP contribution in [-0.4, -0.2) is 31.1 Å². The maximum absolute atomic E-state index is 3.55. The largest absolute Gasteiger partial charge is 0.309 e. The summed E-state index contributed by atoms with van der Waals surface area (Å²) in [6, 6.07) is 9.52. The summed E-state index contributed by atoms with van der Waals surface area (Å²) >= 11 is 3.46. The average Bonchev–Trinajstić information content (AvgIpc) is 2.29. The van der Waals surface area contributed by atoms with Crippen molar-refractivity contribution in [3.63, 3.8) is 0 Å². The van der Waals surface area contributed by atoms with Gasteiger partial charge in [0.15, 0.2) is 0 Å². The highest BCUT2D eigenvalue weighted by molar-refractivity contribution is 9.10. The number of likely N-dealkylation sites (N-methyl/N-ethyl adjacent to an activating group) is 1. The zero-order chi connectivity index (χ0) is 12.8. The van der Waals surface area contributed by atoms with Crippen LogP contribution in [0.2, 0.25) is 0 Å². The Hall–Kier alpha value is -0.380. The molecule has 1 unspecified atom stereocenters. The molecule has 1 rings (SSSR count). The highest BCUT2D eigenvalue weighted by Gasteiger charge is 2.06. The summed E-state index contributed by atoms with van der Waals surface area (Å²) in [6.07, 6.45) is 0. The molecule has 0 aliphatic rings. The van der Waals surface area contributed by atoms with Gasteiger partial charge in [0.05, 0.1) is 0 Å². The quantitative estimate of drug-likeness (QED) is 0.865. The minimum Gasteiger partial charge on any atom is -0.309 e. The monoisotopic (exact) mass is 298 g/mol. The summed E-state index contributed by atoms with van der Waals surface area (Å²) in [5.41, 5.74) is 1.33. The molecule has 2 nitrogen and oxygen atoms in total. The average molecular weight is 299 g/mol. The van der Waals surface area contributed by atoms with E-state index in [2.05, 4.69) is 78.2 Å². The van der Waals surface area contributed by atoms with Crippen LogP contribution in [-0.2, 0) is 0 Å². The van der Waals surface area contributed by atoms with Crippen molar-refractivity contribution >= 4 is 15.9 Å². The van der Waals surface area contributed by atoms with Gasteiger partial charge in [-0.1, -0.05) is 28.1 Å². The Morgan fingerprint density at radius 1 is 1.18 bits per heavy atom. The topological polar surface area (TPSA) is 15.3 Å². The Bertz CT molecular complexity index is 321. The number of nitrogens with zero attached hydrogens (tertiary/aromatic N) is 1. The summed E-state index contributed by atoms with van der Waals surface area (Å²) in [7, 11) is 2.16. The fourth-order valence-electron chi connectivity index (χ4n) is 1.58. The first-order valence-corrected chi connectivity index (χ1v) is 6.99. The minimum absolute atomic E-state index is 0.406. The van der Waals surface area contributed by atoms with Gasteiger partial charge in [-0.15, -0.1) is 0 Å². The summed E-state index contributed by atoms with van der Waals surface area (Å²) in [6.45, 7) is 8.75. The maximum Gasteiger partial charge on any atom is 0.0292 e. The Morgan fingerprint density at radius 3 is 2.29 bits per heavy atom. The van der Waals surface area contributed by atoms with Gasteiger partial charge in [0.1, 0.15) is 0 Å². The number of hydrogen-bond donors (Lipinski definition) is 1. The number of benzene rings is 1. The molecular formula is C14H23BrN2. The second kappa shape index (κ2) is 7.14. The van der Waals surface area contributed by atoms with Gasteiger partial charge in [0.25, 0.3) is 0 Å². The predicted octanol–water partition coefficient (Wildman–Crippen LogP) is 3.44. The lowest BCUT2D eigenvalue weighted by Gasteiger charge is -2.22. The first-order chi connectivity index (χ1) is 8.00. The van der Waals surface area contributed by atoms with E-state index in [1.165, 1.54) is 5.56 Å². The highest BCUT2D eigenvalue weighted by Crippen LogP contribution is 2.16. The third kappa shape index (κ3) is 5.19. The molecular weight excluding hydrogens is 276 g/mol. The van der Waals surface area contributed by atoms with Crippen LogP contribution in [0.3, 0.4) is 0 Å². The Kier molecular flexibility index (Phi) is 6.17. The molecule has 96 valence electrons. The standard InChI is InChI=1S/C14H23BrN2/c1-11(2)17(4)10-9-16-12(3)13-5-7-14(15)8-6-13/h5-8,11-12,16H,9-10H2,1-4H3. The van der Waals surface area contributed by atoms with E-state index in [9.17, 15) is 0 Å². The molecule has 1 atom stereocenters. The lowest BCUT2D eigenvalue weighted by Crippen LogP contribution is -2.34. The van der Waals surface area contributed by atoms with Gasteiger partial charge in [-0.25, -0.2) is 0 Å². The first kappa shape index (κ1) is 14.7. The smallest absolute Gasteiger partial charge is 0.0292 e. The molecule has 0 spiro atoms. The molecule has 0 fully saturated rings. The third-order valence-electron chi connectivity index (χ3n) is 3.17. The van der Waals surface area contributed by atoms with E-state index in [0.717, 1.165) is 17.6 Å². The highest BCUT2D eigenvalue weighted by atomic mass is 79.9. The molecule has 17 heavy (non-hydrogen) atoms. The van der Waals surface area contributed by atoms with Crippen LogP contribution in [0.4, 0.5) is 0 Å². The Balaban J connectivity index is 2.34. The maximum atomic E-state index is 3.55. The van der Waals surface area contributed by atoms with Crippen LogP contribution in [0.1, 0.15) is 32.4 Å². The molecule has 0 aliphatic carbocycles. The summed E-state index contributed by atoms with van der Waals surface area (Å²) in [4.78, 5) is 2.35. The molecule has 0 bridgehead atoms. The molecule has 3 heteroatoms. The fourth-order valence-corrected chi connectivity index (χ4v) is 1.85. The van der Waals surface area contributed by atoms with Gasteiger partial charge < -0.3 is 10.2 Å². The molecule has 0 radical (unpaired) electrons. The number of hydrogen-bond acceptors (Lipinski definition) is 2. The fraction of sp³-hybridized carbons (Fsp3) is 0.571. The van der Waals surface area contributed by atoms with E-state index in [-0.39, 0.29) is 0 Å². The van der Waals surface area contributed by atoms with Crippen LogP contribution >= 0.6 is 15.9 Å². The van der Waals surface area contributed by atoms with Gasteiger partial charge in [0.2, 0.25) is 0 Å². The van der Waals surface area contributed by atoms with Crippen molar-refractivity contribution < 1.29 is 0 Å². The van der Waals surface area contributed by atoms with Crippen LogP contribution in [0.15, 0.2) is 28.7 Å². The van der Waals surface area contributed by atoms with Crippen LogP contribution in [0.25, 0.3) is 0 Å². The van der Waals surface area contributed by atoms with Gasteiger partial charge in [-0.2, -0.15) is 0 Å². The van der Waals surface area contributed by atoms with Crippen molar-refractivity contribution in [3.8, 4) is 0 Å². The second-order valence-electron chi connectivity index (χ2n) is 4.80. The third-order valence-corrected chi connectivity index (χ3v) is 3.70. The van der Waals surface area contributed by atoms with Crippen molar-refractivity contribution in [1.82, 2.24) is 10.2 Å². The molecule has 0 amide bonds. The molecule has 1 N–H and O–H groups in total. The summed E-state index contributed by atoms with van der Waals surface area (Å²) in [5.74, 6) is 0. The summed E-state index contributed by atoms with van der Waals surface area (Å²) in [5, 5.41) is 3.55. The van der Waals surface area contributed by atoms with Crippen LogP contribution < -0.4 is 5.32 Å². The van der Waals surface area contributed by atoms with Gasteiger partial charge in [0, 0.05) is 29.6 Å². The van der Waals surface area contributed by atoms with Crippen LogP contribution in [0.5, 0.6) is 0 Å². The van der Waals surface area contributed by atoms with Crippen molar-refractivity contribution in [2.24, 2.45) is 0 Å². The van der Waals surface area contributed by atoms with Crippen molar-refractivity contribution in [2.45, 2.75) is 32.9 Å². The van der Waals surface area contributed by atoms with Crippen molar-refractivity contribution in [3.05, 3.63) is 34.3 Å². The zero-order valence-corrected chi connectivity index (χ0v) is 12.8. The predicted molar refractivity (Wildman–Crippen MR) is 78.3 cm³/mol. The van der Waals surface area contributed by atoms with Gasteiger partial charge >= 0.3 is 0 Å². The van der Waals surface area contributed by atoms with Gasteiger partial charge in [-0.05, 0) is 45.5 Å². The number of halogens is 1. The van der Waals surface area contributed by atoms with Gasteiger partial charge in [-0.3, -0.25) is 0 Å². The lowest BCUT2D eigenvalue weighted by molar-refractivity contribution is 0.270. The number of nitrogens with one attached hydrogen (secondary N) is 1. The van der Waals surface area contributed by atoms with E-state index in [1.54, 1.807) is 0 Å². The normalized spacial score (nSPS) is 13.4. The first-order valence-electron chi connectivity index (χ1n) is 6.19.